The fourth-order valence-electron chi connectivity index (χ4n) is 9.88. The quantitative estimate of drug-likeness (QED) is 0.260. The summed E-state index contributed by atoms with van der Waals surface area (Å²) >= 11 is 0. The highest BCUT2D eigenvalue weighted by atomic mass is 32.2. The number of aromatic nitrogens is 2. The van der Waals surface area contributed by atoms with E-state index >= 15 is 8.78 Å². The molecule has 1 aromatic carbocycles. The fraction of sp³-hybridized carbons (Fsp3) is 0.721. The Balaban J connectivity index is 1.16. The van der Waals surface area contributed by atoms with Gasteiger partial charge in [-0.05, 0) is 99.5 Å². The van der Waals surface area contributed by atoms with Crippen LogP contribution in [0.15, 0.2) is 18.2 Å². The molecule has 9 atom stereocenters. The molecule has 4 saturated carbocycles. The standard InChI is InChI=1S/C43H56F4N6O9S/c1-40(2,3)34-37(55)53-21-25(19-30(53)35(54)51-42(20-23(42)9-12-32(44)45)38(56)52-63(58,59)41(4)14-15-41)61-36-33(48-28-11-10-24(60-5)18-29(28)49-36)43(46,47)13-7-6-8-26-27-16-22(27)17-31(26)62-39(57)50-34/h10-11,18,22-23,25-27,30-32,34H,6-9,12-17,19-21H2,1-5H3,(H,50,57)(H,51,54)(H,52,56)/t22?,23-,25-,26-,27+,30+,31-,34-,42-/m1/s1. The number of alkyl carbamates (subject to hydrolysis) is 1. The second-order valence-electron chi connectivity index (χ2n) is 19.8. The number of benzene rings is 1. The lowest BCUT2D eigenvalue weighted by Crippen LogP contribution is -2.60. The average molecular weight is 909 g/mol. The summed E-state index contributed by atoms with van der Waals surface area (Å²) < 4.78 is 105. The molecule has 1 aromatic heterocycles. The molecule has 1 saturated heterocycles. The van der Waals surface area contributed by atoms with Gasteiger partial charge in [-0.25, -0.2) is 32.0 Å². The van der Waals surface area contributed by atoms with E-state index in [1.165, 1.54) is 26.2 Å². The van der Waals surface area contributed by atoms with Crippen LogP contribution in [0.25, 0.3) is 11.0 Å². The number of alkyl halides is 4. The van der Waals surface area contributed by atoms with Gasteiger partial charge >= 0.3 is 6.09 Å². The van der Waals surface area contributed by atoms with Crippen LogP contribution in [0.4, 0.5) is 22.4 Å². The first-order chi connectivity index (χ1) is 29.5. The zero-order valence-corrected chi connectivity index (χ0v) is 36.9. The van der Waals surface area contributed by atoms with Crippen molar-refractivity contribution < 1.29 is 59.4 Å². The molecule has 1 unspecified atom stereocenters. The van der Waals surface area contributed by atoms with E-state index < -0.39 is 117 Å². The summed E-state index contributed by atoms with van der Waals surface area (Å²) in [5, 5.41) is 5.39. The van der Waals surface area contributed by atoms with Crippen LogP contribution in [0.1, 0.15) is 110 Å². The van der Waals surface area contributed by atoms with Gasteiger partial charge in [0.1, 0.15) is 35.6 Å². The van der Waals surface area contributed by atoms with Crippen LogP contribution in [0.5, 0.6) is 11.6 Å². The third-order valence-electron chi connectivity index (χ3n) is 14.2. The molecule has 346 valence electrons. The SMILES string of the molecule is COc1ccc2nc3c(nc2c1)O[C@@H]1C[C@@H](C(=O)N[C@]2(C(=O)NS(=O)(=O)C4(C)CC4)C[C@H]2CCC(F)F)N(C1)C(=O)[C@H](C(C)(C)C)NC(=O)O[C@@H]1CC2C[C@@H]2[C@H]1CCCCC3(F)F. The van der Waals surface area contributed by atoms with Gasteiger partial charge in [-0.15, -0.1) is 0 Å². The number of hydrogen-bond acceptors (Lipinski definition) is 11. The Morgan fingerprint density at radius 2 is 1.78 bits per heavy atom. The molecule has 20 heteroatoms. The third-order valence-corrected chi connectivity index (χ3v) is 16.3. The predicted octanol–water partition coefficient (Wildman–Crippen LogP) is 5.74. The number of carbonyl (C=O) groups excluding carboxylic acids is 4. The molecule has 2 aromatic rings. The summed E-state index contributed by atoms with van der Waals surface area (Å²) in [5.41, 5.74) is -3.28. The van der Waals surface area contributed by atoms with Gasteiger partial charge in [0.05, 0.1) is 29.4 Å². The van der Waals surface area contributed by atoms with E-state index in [-0.39, 0.29) is 49.2 Å². The number of carbonyl (C=O) groups is 4. The highest BCUT2D eigenvalue weighted by Crippen LogP contribution is 2.58. The van der Waals surface area contributed by atoms with E-state index in [1.54, 1.807) is 26.8 Å². The van der Waals surface area contributed by atoms with Crippen molar-refractivity contribution in [1.82, 2.24) is 30.2 Å². The lowest BCUT2D eigenvalue weighted by atomic mass is 9.85. The van der Waals surface area contributed by atoms with Crippen LogP contribution in [0.3, 0.4) is 0 Å². The fourth-order valence-corrected chi connectivity index (χ4v) is 11.2. The average Bonchev–Trinajstić information content (AvgIpc) is 4.17. The van der Waals surface area contributed by atoms with Crippen molar-refractivity contribution in [3.05, 3.63) is 23.9 Å². The maximum Gasteiger partial charge on any atom is 0.408 e. The molecular formula is C43H56F4N6O9S. The number of sulfonamides is 1. The van der Waals surface area contributed by atoms with Crippen molar-refractivity contribution in [2.75, 3.05) is 13.7 Å². The molecular weight excluding hydrogens is 853 g/mol. The number of nitrogens with zero attached hydrogens (tertiary/aromatic N) is 3. The smallest absolute Gasteiger partial charge is 0.408 e. The van der Waals surface area contributed by atoms with E-state index in [2.05, 4.69) is 25.3 Å². The lowest BCUT2D eigenvalue weighted by molar-refractivity contribution is -0.143. The number of amides is 4. The number of halogens is 4. The van der Waals surface area contributed by atoms with Crippen LogP contribution >= 0.6 is 0 Å². The third kappa shape index (κ3) is 8.98. The molecule has 3 N–H and O–H groups in total. The van der Waals surface area contributed by atoms with Gasteiger partial charge in [0.15, 0.2) is 5.69 Å². The molecule has 4 aliphatic carbocycles. The Morgan fingerprint density at radius 1 is 1.03 bits per heavy atom. The van der Waals surface area contributed by atoms with E-state index in [4.69, 9.17) is 14.2 Å². The summed E-state index contributed by atoms with van der Waals surface area (Å²) in [6.45, 7) is 6.21. The second-order valence-corrected chi connectivity index (χ2v) is 22.0. The first-order valence-corrected chi connectivity index (χ1v) is 23.4. The summed E-state index contributed by atoms with van der Waals surface area (Å²) in [6.07, 6.45) is -3.84. The highest BCUT2D eigenvalue weighted by Gasteiger charge is 2.64. The predicted molar refractivity (Wildman–Crippen MR) is 218 cm³/mol. The van der Waals surface area contributed by atoms with E-state index in [1.807, 2.05) is 0 Å². The van der Waals surface area contributed by atoms with Crippen LogP contribution < -0.4 is 24.8 Å². The van der Waals surface area contributed by atoms with E-state index in [9.17, 15) is 36.4 Å². The minimum absolute atomic E-state index is 0.0441. The molecule has 63 heavy (non-hydrogen) atoms. The van der Waals surface area contributed by atoms with Crippen molar-refractivity contribution in [2.24, 2.45) is 29.1 Å². The number of methoxy groups -OCH3 is 1. The largest absolute Gasteiger partial charge is 0.497 e. The van der Waals surface area contributed by atoms with Crippen molar-refractivity contribution in [3.8, 4) is 11.6 Å². The molecule has 0 radical (unpaired) electrons. The van der Waals surface area contributed by atoms with Gasteiger partial charge in [0, 0.05) is 25.3 Å². The summed E-state index contributed by atoms with van der Waals surface area (Å²) in [4.78, 5) is 67.0. The number of hydrogen-bond donors (Lipinski definition) is 3. The minimum Gasteiger partial charge on any atom is -0.497 e. The first kappa shape index (κ1) is 45.1. The molecule has 8 rings (SSSR count). The molecule has 0 spiro atoms. The van der Waals surface area contributed by atoms with Gasteiger partial charge in [-0.2, -0.15) is 8.78 Å². The molecule has 5 fully saturated rings. The minimum atomic E-state index is -4.21. The molecule has 15 nitrogen and oxygen atoms in total. The van der Waals surface area contributed by atoms with Crippen molar-refractivity contribution >= 4 is 44.9 Å². The molecule has 6 aliphatic rings. The number of rotatable bonds is 9. The van der Waals surface area contributed by atoms with E-state index in [0.29, 0.717) is 49.7 Å². The van der Waals surface area contributed by atoms with Gasteiger partial charge in [-0.3, -0.25) is 19.1 Å². The molecule has 2 aliphatic heterocycles. The summed E-state index contributed by atoms with van der Waals surface area (Å²) in [6, 6.07) is 1.81. The van der Waals surface area contributed by atoms with Gasteiger partial charge in [0.25, 0.3) is 11.8 Å². The van der Waals surface area contributed by atoms with Gasteiger partial charge in [0.2, 0.25) is 34.1 Å². The summed E-state index contributed by atoms with van der Waals surface area (Å²) in [7, 11) is -2.78. The normalized spacial score (nSPS) is 32.4. The summed E-state index contributed by atoms with van der Waals surface area (Å²) in [5.74, 6) is -6.68. The Bertz CT molecular complexity index is 2280. The Morgan fingerprint density at radius 3 is 2.46 bits per heavy atom. The lowest BCUT2D eigenvalue weighted by Gasteiger charge is -2.36. The van der Waals surface area contributed by atoms with Crippen LogP contribution in [0, 0.1) is 29.1 Å². The van der Waals surface area contributed by atoms with Crippen LogP contribution in [-0.2, 0) is 35.1 Å². The van der Waals surface area contributed by atoms with Crippen molar-refractivity contribution in [1.29, 1.82) is 0 Å². The van der Waals surface area contributed by atoms with E-state index in [0.717, 1.165) is 11.3 Å². The topological polar surface area (TPSA) is 195 Å². The maximum atomic E-state index is 16.5. The number of nitrogens with one attached hydrogen (secondary N) is 3. The van der Waals surface area contributed by atoms with Gasteiger partial charge in [-0.1, -0.05) is 27.2 Å². The monoisotopic (exact) mass is 908 g/mol. The Hall–Kier alpha value is -4.49. The van der Waals surface area contributed by atoms with Gasteiger partial charge < -0.3 is 29.7 Å². The Kier molecular flexibility index (Phi) is 11.6. The van der Waals surface area contributed by atoms with Crippen molar-refractivity contribution in [2.45, 2.75) is 152 Å². The molecule has 4 amide bonds. The van der Waals surface area contributed by atoms with Crippen LogP contribution in [0.2, 0.25) is 0 Å². The maximum absolute atomic E-state index is 16.5. The zero-order chi connectivity index (χ0) is 45.4. The van der Waals surface area contributed by atoms with Crippen LogP contribution in [-0.4, -0.2) is 102 Å². The Labute approximate surface area is 363 Å². The molecule has 3 heterocycles. The second kappa shape index (κ2) is 16.2. The highest BCUT2D eigenvalue weighted by molar-refractivity contribution is 7.91. The number of fused-ring (bicyclic) bond motifs is 7. The zero-order valence-electron chi connectivity index (χ0n) is 36.1. The molecule has 2 bridgehead atoms. The van der Waals surface area contributed by atoms with Crippen molar-refractivity contribution in [3.63, 3.8) is 0 Å². The number of ether oxygens (including phenoxy) is 3. The first-order valence-electron chi connectivity index (χ1n) is 21.9.